The van der Waals surface area contributed by atoms with Crippen LogP contribution in [0.3, 0.4) is 0 Å². The van der Waals surface area contributed by atoms with Crippen LogP contribution in [0.1, 0.15) is 23.5 Å². The molecule has 0 bridgehead atoms. The maximum atomic E-state index is 13.7. The highest BCUT2D eigenvalue weighted by Gasteiger charge is 2.66. The number of rotatable bonds is 7. The monoisotopic (exact) mass is 426 g/mol. The lowest BCUT2D eigenvalue weighted by atomic mass is 9.92. The van der Waals surface area contributed by atoms with E-state index in [1.807, 2.05) is 78.9 Å². The van der Waals surface area contributed by atoms with Gasteiger partial charge < -0.3 is 14.5 Å². The fourth-order valence-corrected chi connectivity index (χ4v) is 4.66. The summed E-state index contributed by atoms with van der Waals surface area (Å²) in [5.41, 5.74) is 2.44. The summed E-state index contributed by atoms with van der Waals surface area (Å²) in [6.07, 6.45) is 0.750. The molecule has 1 aliphatic carbocycles. The van der Waals surface area contributed by atoms with Crippen LogP contribution in [-0.2, 0) is 16.1 Å². The zero-order chi connectivity index (χ0) is 22.1. The van der Waals surface area contributed by atoms with Gasteiger partial charge in [0.1, 0.15) is 18.9 Å². The van der Waals surface area contributed by atoms with Crippen LogP contribution in [0.15, 0.2) is 84.9 Å². The van der Waals surface area contributed by atoms with E-state index < -0.39 is 5.41 Å². The number of fused-ring (bicyclic) bond motifs is 3. The standard InChI is InChI=1S/C27H26N2O3/c1-28(17-20-10-4-2-5-11-20)25(30)18-29-24-15-9-8-14-22(24)23-16-27(23,26(29)31)19-32-21-12-6-3-7-13-21/h2-15,23H,16-19H2,1H3. The van der Waals surface area contributed by atoms with E-state index in [-0.39, 0.29) is 24.3 Å². The van der Waals surface area contributed by atoms with Gasteiger partial charge in [-0.3, -0.25) is 9.59 Å². The van der Waals surface area contributed by atoms with Crippen LogP contribution in [0.2, 0.25) is 0 Å². The average molecular weight is 427 g/mol. The second-order valence-corrected chi connectivity index (χ2v) is 8.70. The van der Waals surface area contributed by atoms with Crippen LogP contribution in [0.4, 0.5) is 5.69 Å². The molecule has 1 aliphatic heterocycles. The zero-order valence-electron chi connectivity index (χ0n) is 18.1. The summed E-state index contributed by atoms with van der Waals surface area (Å²) in [5.74, 6) is 0.793. The molecule has 3 aromatic rings. The highest BCUT2D eigenvalue weighted by molar-refractivity contribution is 6.07. The zero-order valence-corrected chi connectivity index (χ0v) is 18.1. The molecule has 2 amide bonds. The molecule has 0 aromatic heterocycles. The Bertz CT molecular complexity index is 1130. The fourth-order valence-electron chi connectivity index (χ4n) is 4.66. The van der Waals surface area contributed by atoms with Crippen LogP contribution in [-0.4, -0.2) is 36.9 Å². The lowest BCUT2D eigenvalue weighted by Crippen LogP contribution is -2.48. The van der Waals surface area contributed by atoms with Crippen molar-refractivity contribution in [3.8, 4) is 5.75 Å². The number of hydrogen-bond acceptors (Lipinski definition) is 3. The number of anilines is 1. The van der Waals surface area contributed by atoms with Crippen molar-refractivity contribution in [3.63, 3.8) is 0 Å². The summed E-state index contributed by atoms with van der Waals surface area (Å²) in [4.78, 5) is 30.1. The minimum absolute atomic E-state index is 0.0152. The first-order valence-corrected chi connectivity index (χ1v) is 11.0. The molecule has 1 saturated carbocycles. The molecule has 32 heavy (non-hydrogen) atoms. The van der Waals surface area contributed by atoms with Gasteiger partial charge >= 0.3 is 0 Å². The molecule has 0 radical (unpaired) electrons. The van der Waals surface area contributed by atoms with Crippen molar-refractivity contribution in [1.29, 1.82) is 0 Å². The van der Waals surface area contributed by atoms with Crippen LogP contribution in [0, 0.1) is 5.41 Å². The molecule has 5 nitrogen and oxygen atoms in total. The number of hydrogen-bond donors (Lipinski definition) is 0. The highest BCUT2D eigenvalue weighted by Crippen LogP contribution is 2.65. The molecule has 3 aromatic carbocycles. The third-order valence-electron chi connectivity index (χ3n) is 6.57. The molecular formula is C27H26N2O3. The molecule has 5 rings (SSSR count). The molecule has 1 heterocycles. The van der Waals surface area contributed by atoms with Gasteiger partial charge in [-0.2, -0.15) is 0 Å². The summed E-state index contributed by atoms with van der Waals surface area (Å²) in [6.45, 7) is 0.854. The number of carbonyl (C=O) groups is 2. The van der Waals surface area contributed by atoms with E-state index in [0.717, 1.165) is 29.0 Å². The molecule has 2 aliphatic rings. The third-order valence-corrected chi connectivity index (χ3v) is 6.57. The number of benzene rings is 3. The van der Waals surface area contributed by atoms with E-state index in [0.29, 0.717) is 13.2 Å². The number of amides is 2. The second-order valence-electron chi connectivity index (χ2n) is 8.70. The lowest BCUT2D eigenvalue weighted by Gasteiger charge is -2.34. The third kappa shape index (κ3) is 3.64. The Morgan fingerprint density at radius 1 is 1.00 bits per heavy atom. The number of likely N-dealkylation sites (N-methyl/N-ethyl adjacent to an activating group) is 1. The van der Waals surface area contributed by atoms with E-state index in [1.165, 1.54) is 0 Å². The van der Waals surface area contributed by atoms with Crippen molar-refractivity contribution >= 4 is 17.5 Å². The quantitative estimate of drug-likeness (QED) is 0.568. The number of para-hydroxylation sites is 2. The maximum absolute atomic E-state index is 13.7. The predicted molar refractivity (Wildman–Crippen MR) is 123 cm³/mol. The van der Waals surface area contributed by atoms with Gasteiger partial charge in [0.2, 0.25) is 11.8 Å². The van der Waals surface area contributed by atoms with Crippen molar-refractivity contribution in [2.75, 3.05) is 25.1 Å². The first kappa shape index (κ1) is 20.3. The second kappa shape index (κ2) is 8.15. The number of ether oxygens (including phenoxy) is 1. The topological polar surface area (TPSA) is 49.9 Å². The summed E-state index contributed by atoms with van der Waals surface area (Å²) in [6, 6.07) is 27.4. The van der Waals surface area contributed by atoms with Gasteiger partial charge in [-0.25, -0.2) is 0 Å². The van der Waals surface area contributed by atoms with Gasteiger partial charge in [-0.05, 0) is 35.7 Å². The van der Waals surface area contributed by atoms with Crippen molar-refractivity contribution in [1.82, 2.24) is 4.90 Å². The SMILES string of the molecule is CN(Cc1ccccc1)C(=O)CN1C(=O)C2(COc3ccccc3)CC2c2ccccc21. The first-order valence-electron chi connectivity index (χ1n) is 11.0. The molecule has 5 heteroatoms. The molecule has 0 saturated heterocycles. The van der Waals surface area contributed by atoms with E-state index >= 15 is 0 Å². The molecular weight excluding hydrogens is 400 g/mol. The lowest BCUT2D eigenvalue weighted by molar-refractivity contribution is -0.132. The Hall–Kier alpha value is -3.60. The molecule has 1 fully saturated rings. The fraction of sp³-hybridized carbons (Fsp3) is 0.259. The van der Waals surface area contributed by atoms with Gasteiger partial charge in [-0.1, -0.05) is 66.7 Å². The Morgan fingerprint density at radius 3 is 2.41 bits per heavy atom. The van der Waals surface area contributed by atoms with Gasteiger partial charge in [0, 0.05) is 25.2 Å². The minimum Gasteiger partial charge on any atom is -0.492 e. The summed E-state index contributed by atoms with van der Waals surface area (Å²) < 4.78 is 6.01. The van der Waals surface area contributed by atoms with Crippen molar-refractivity contribution in [2.24, 2.45) is 5.41 Å². The normalized spacial score (nSPS) is 20.8. The van der Waals surface area contributed by atoms with Crippen molar-refractivity contribution in [2.45, 2.75) is 18.9 Å². The Labute approximate surface area is 188 Å². The number of nitrogens with zero attached hydrogens (tertiary/aromatic N) is 2. The molecule has 0 N–H and O–H groups in total. The molecule has 0 spiro atoms. The van der Waals surface area contributed by atoms with Gasteiger partial charge in [0.15, 0.2) is 0 Å². The van der Waals surface area contributed by atoms with Gasteiger partial charge in [0.25, 0.3) is 0 Å². The van der Waals surface area contributed by atoms with Crippen molar-refractivity contribution < 1.29 is 14.3 Å². The van der Waals surface area contributed by atoms with E-state index in [9.17, 15) is 9.59 Å². The van der Waals surface area contributed by atoms with Gasteiger partial charge in [0.05, 0.1) is 5.41 Å². The summed E-state index contributed by atoms with van der Waals surface area (Å²) >= 11 is 0. The van der Waals surface area contributed by atoms with Gasteiger partial charge in [-0.15, -0.1) is 0 Å². The molecule has 2 atom stereocenters. The van der Waals surface area contributed by atoms with Crippen LogP contribution < -0.4 is 9.64 Å². The van der Waals surface area contributed by atoms with Crippen molar-refractivity contribution in [3.05, 3.63) is 96.1 Å². The molecule has 162 valence electrons. The van der Waals surface area contributed by atoms with Crippen LogP contribution in [0.25, 0.3) is 0 Å². The average Bonchev–Trinajstić information content (AvgIpc) is 3.58. The summed E-state index contributed by atoms with van der Waals surface area (Å²) in [5, 5.41) is 0. The van der Waals surface area contributed by atoms with Crippen LogP contribution >= 0.6 is 0 Å². The Morgan fingerprint density at radius 2 is 1.66 bits per heavy atom. The van der Waals surface area contributed by atoms with E-state index in [4.69, 9.17) is 4.74 Å². The highest BCUT2D eigenvalue weighted by atomic mass is 16.5. The first-order chi connectivity index (χ1) is 15.6. The predicted octanol–water partition coefficient (Wildman–Crippen LogP) is 4.24. The maximum Gasteiger partial charge on any atom is 0.242 e. The number of carbonyl (C=O) groups excluding carboxylic acids is 2. The smallest absolute Gasteiger partial charge is 0.242 e. The Kier molecular flexibility index (Phi) is 5.17. The Balaban J connectivity index is 1.36. The largest absolute Gasteiger partial charge is 0.492 e. The van der Waals surface area contributed by atoms with E-state index in [1.54, 1.807) is 16.8 Å². The van der Waals surface area contributed by atoms with E-state index in [2.05, 4.69) is 6.07 Å². The summed E-state index contributed by atoms with van der Waals surface area (Å²) in [7, 11) is 1.78. The minimum atomic E-state index is -0.595. The van der Waals surface area contributed by atoms with Crippen LogP contribution in [0.5, 0.6) is 5.75 Å². The molecule has 2 unspecified atom stereocenters.